The summed E-state index contributed by atoms with van der Waals surface area (Å²) in [6.07, 6.45) is 3.35. The van der Waals surface area contributed by atoms with Crippen molar-refractivity contribution in [2.24, 2.45) is 0 Å². The number of anilines is 1. The van der Waals surface area contributed by atoms with E-state index in [0.717, 1.165) is 12.4 Å². The molecule has 9 heteroatoms. The summed E-state index contributed by atoms with van der Waals surface area (Å²) in [4.78, 5) is 18.2. The third kappa shape index (κ3) is 3.13. The molecule has 2 heterocycles. The van der Waals surface area contributed by atoms with Gasteiger partial charge in [-0.05, 0) is 18.2 Å². The number of nitriles is 1. The third-order valence-corrected chi connectivity index (χ3v) is 3.81. The molecule has 2 rings (SSSR count). The van der Waals surface area contributed by atoms with Gasteiger partial charge in [0.25, 0.3) is 10.0 Å². The molecular weight excluding hydrogens is 296 g/mol. The van der Waals surface area contributed by atoms with E-state index in [0.29, 0.717) is 0 Å². The largest absolute Gasteiger partial charge is 0.478 e. The molecule has 0 unspecified atom stereocenters. The number of carboxylic acids is 1. The van der Waals surface area contributed by atoms with Gasteiger partial charge in [-0.1, -0.05) is 0 Å². The minimum Gasteiger partial charge on any atom is -0.478 e. The Morgan fingerprint density at radius 3 is 2.62 bits per heavy atom. The number of pyridine rings is 2. The van der Waals surface area contributed by atoms with Gasteiger partial charge in [0.1, 0.15) is 16.7 Å². The van der Waals surface area contributed by atoms with E-state index in [4.69, 9.17) is 10.4 Å². The number of nitrogens with zero attached hydrogens (tertiary/aromatic N) is 3. The zero-order valence-corrected chi connectivity index (χ0v) is 11.2. The molecule has 0 radical (unpaired) electrons. The van der Waals surface area contributed by atoms with Crippen molar-refractivity contribution in [1.82, 2.24) is 9.97 Å². The molecule has 106 valence electrons. The highest BCUT2D eigenvalue weighted by Gasteiger charge is 2.19. The number of aromatic nitrogens is 2. The summed E-state index contributed by atoms with van der Waals surface area (Å²) in [5.74, 6) is -1.28. The summed E-state index contributed by atoms with van der Waals surface area (Å²) >= 11 is 0. The fourth-order valence-corrected chi connectivity index (χ4v) is 2.48. The summed E-state index contributed by atoms with van der Waals surface area (Å²) in [5.41, 5.74) is -0.314. The van der Waals surface area contributed by atoms with Gasteiger partial charge in [-0.2, -0.15) is 5.26 Å². The van der Waals surface area contributed by atoms with Gasteiger partial charge in [-0.15, -0.1) is 0 Å². The molecule has 2 aromatic heterocycles. The predicted octanol–water partition coefficient (Wildman–Crippen LogP) is 0.847. The summed E-state index contributed by atoms with van der Waals surface area (Å²) in [7, 11) is -4.02. The fourth-order valence-electron chi connectivity index (χ4n) is 1.47. The van der Waals surface area contributed by atoms with E-state index in [1.807, 2.05) is 0 Å². The zero-order chi connectivity index (χ0) is 15.5. The van der Waals surface area contributed by atoms with Crippen LogP contribution >= 0.6 is 0 Å². The van der Waals surface area contributed by atoms with Crippen LogP contribution in [-0.2, 0) is 10.0 Å². The highest BCUT2D eigenvalue weighted by atomic mass is 32.2. The third-order valence-electron chi connectivity index (χ3n) is 2.46. The first-order chi connectivity index (χ1) is 9.94. The smallest absolute Gasteiger partial charge is 0.337 e. The maximum absolute atomic E-state index is 12.1. The van der Waals surface area contributed by atoms with E-state index < -0.39 is 16.0 Å². The Balaban J connectivity index is 2.38. The predicted molar refractivity (Wildman–Crippen MR) is 71.0 cm³/mol. The van der Waals surface area contributed by atoms with Crippen LogP contribution in [0.25, 0.3) is 0 Å². The van der Waals surface area contributed by atoms with Crippen LogP contribution in [0.4, 0.5) is 5.69 Å². The molecule has 0 atom stereocenters. The summed E-state index contributed by atoms with van der Waals surface area (Å²) in [6.45, 7) is 0. The molecule has 0 aliphatic rings. The first-order valence-corrected chi connectivity index (χ1v) is 6.98. The van der Waals surface area contributed by atoms with Crippen molar-refractivity contribution in [2.75, 3.05) is 4.72 Å². The molecule has 0 saturated carbocycles. The van der Waals surface area contributed by atoms with Crippen molar-refractivity contribution in [3.05, 3.63) is 48.0 Å². The molecule has 21 heavy (non-hydrogen) atoms. The highest BCUT2D eigenvalue weighted by molar-refractivity contribution is 7.92. The number of carbonyl (C=O) groups is 1. The molecule has 0 spiro atoms. The summed E-state index contributed by atoms with van der Waals surface area (Å²) in [6, 6.07) is 5.39. The van der Waals surface area contributed by atoms with Crippen LogP contribution in [0.2, 0.25) is 0 Å². The van der Waals surface area contributed by atoms with E-state index in [1.165, 1.54) is 24.4 Å². The Labute approximate surface area is 119 Å². The van der Waals surface area contributed by atoms with Crippen LogP contribution in [0.3, 0.4) is 0 Å². The number of carboxylic acid groups (broad SMARTS) is 1. The second-order valence-electron chi connectivity index (χ2n) is 3.82. The van der Waals surface area contributed by atoms with Crippen molar-refractivity contribution < 1.29 is 18.3 Å². The van der Waals surface area contributed by atoms with Crippen molar-refractivity contribution in [1.29, 1.82) is 5.26 Å². The van der Waals surface area contributed by atoms with Crippen molar-refractivity contribution >= 4 is 21.7 Å². The summed E-state index contributed by atoms with van der Waals surface area (Å²) in [5, 5.41) is 17.6. The lowest BCUT2D eigenvalue weighted by atomic mass is 10.2. The normalized spacial score (nSPS) is 10.6. The van der Waals surface area contributed by atoms with Gasteiger partial charge < -0.3 is 5.11 Å². The van der Waals surface area contributed by atoms with E-state index in [9.17, 15) is 13.2 Å². The first kappa shape index (κ1) is 14.4. The number of nitrogens with one attached hydrogen (secondary N) is 1. The lowest BCUT2D eigenvalue weighted by Crippen LogP contribution is -2.16. The van der Waals surface area contributed by atoms with Gasteiger partial charge in [-0.25, -0.2) is 18.2 Å². The Bertz CT molecular complexity index is 825. The molecule has 0 aliphatic carbocycles. The van der Waals surface area contributed by atoms with Gasteiger partial charge in [0, 0.05) is 12.4 Å². The van der Waals surface area contributed by atoms with E-state index in [1.54, 1.807) is 6.07 Å². The average Bonchev–Trinajstić information content (AvgIpc) is 2.47. The number of rotatable bonds is 4. The van der Waals surface area contributed by atoms with E-state index in [-0.39, 0.29) is 21.8 Å². The lowest BCUT2D eigenvalue weighted by molar-refractivity contribution is 0.0698. The second kappa shape index (κ2) is 5.56. The van der Waals surface area contributed by atoms with Crippen LogP contribution in [0, 0.1) is 11.3 Å². The lowest BCUT2D eigenvalue weighted by Gasteiger charge is -2.09. The topological polar surface area (TPSA) is 133 Å². The van der Waals surface area contributed by atoms with Crippen LogP contribution in [0.5, 0.6) is 0 Å². The number of hydrogen-bond donors (Lipinski definition) is 2. The van der Waals surface area contributed by atoms with Gasteiger partial charge >= 0.3 is 5.97 Å². The molecule has 2 N–H and O–H groups in total. The molecule has 0 fully saturated rings. The molecule has 2 aromatic rings. The molecule has 8 nitrogen and oxygen atoms in total. The standard InChI is InChI=1S/C12H8N4O4S/c13-5-8-1-2-9(6-15-8)21(19,20)16-11-7-14-4-3-10(11)12(17)18/h1-4,6-7,16H,(H,17,18). The first-order valence-electron chi connectivity index (χ1n) is 5.50. The minimum absolute atomic E-state index is 0.0709. The maximum atomic E-state index is 12.1. The minimum atomic E-state index is -4.02. The van der Waals surface area contributed by atoms with Crippen molar-refractivity contribution in [3.8, 4) is 6.07 Å². The maximum Gasteiger partial charge on any atom is 0.337 e. The molecule has 0 aliphatic heterocycles. The molecule has 0 saturated heterocycles. The van der Waals surface area contributed by atoms with Crippen molar-refractivity contribution in [3.63, 3.8) is 0 Å². The quantitative estimate of drug-likeness (QED) is 0.855. The molecular formula is C12H8N4O4S. The number of sulfonamides is 1. The number of hydrogen-bond acceptors (Lipinski definition) is 6. The molecule has 0 amide bonds. The Morgan fingerprint density at radius 2 is 2.05 bits per heavy atom. The Morgan fingerprint density at radius 1 is 1.29 bits per heavy atom. The Kier molecular flexibility index (Phi) is 3.82. The van der Waals surface area contributed by atoms with Crippen LogP contribution in [0.15, 0.2) is 41.7 Å². The number of aromatic carboxylic acids is 1. The Hall–Kier alpha value is -2.99. The van der Waals surface area contributed by atoms with Gasteiger partial charge in [0.2, 0.25) is 0 Å². The average molecular weight is 304 g/mol. The van der Waals surface area contributed by atoms with Gasteiger partial charge in [0.15, 0.2) is 0 Å². The highest BCUT2D eigenvalue weighted by Crippen LogP contribution is 2.18. The second-order valence-corrected chi connectivity index (χ2v) is 5.51. The molecule has 0 bridgehead atoms. The summed E-state index contributed by atoms with van der Waals surface area (Å²) < 4.78 is 26.4. The van der Waals surface area contributed by atoms with Gasteiger partial charge in [0.05, 0.1) is 17.4 Å². The van der Waals surface area contributed by atoms with Crippen LogP contribution in [-0.4, -0.2) is 29.5 Å². The van der Waals surface area contributed by atoms with Gasteiger partial charge in [-0.3, -0.25) is 9.71 Å². The fraction of sp³-hybridized carbons (Fsp3) is 0. The monoisotopic (exact) mass is 304 g/mol. The van der Waals surface area contributed by atoms with E-state index in [2.05, 4.69) is 14.7 Å². The van der Waals surface area contributed by atoms with Crippen molar-refractivity contribution in [2.45, 2.75) is 4.90 Å². The zero-order valence-electron chi connectivity index (χ0n) is 10.4. The van der Waals surface area contributed by atoms with Crippen LogP contribution in [0.1, 0.15) is 16.1 Å². The molecule has 0 aromatic carbocycles. The van der Waals surface area contributed by atoms with E-state index >= 15 is 0 Å². The van der Waals surface area contributed by atoms with Crippen LogP contribution < -0.4 is 4.72 Å². The SMILES string of the molecule is N#Cc1ccc(S(=O)(=O)Nc2cnccc2C(=O)O)cn1.